The van der Waals surface area contributed by atoms with Gasteiger partial charge >= 0.3 is 5.97 Å². The van der Waals surface area contributed by atoms with E-state index in [0.29, 0.717) is 0 Å². The molecule has 60 valence electrons. The summed E-state index contributed by atoms with van der Waals surface area (Å²) >= 11 is 0. The number of hydrogen-bond acceptors (Lipinski definition) is 2. The summed E-state index contributed by atoms with van der Waals surface area (Å²) in [5.41, 5.74) is 0. The van der Waals surface area contributed by atoms with Gasteiger partial charge in [0, 0.05) is 7.11 Å². The van der Waals surface area contributed by atoms with Crippen LogP contribution in [0.5, 0.6) is 0 Å². The molecule has 3 heteroatoms. The van der Waals surface area contributed by atoms with Gasteiger partial charge in [-0.1, -0.05) is 0 Å². The Bertz CT molecular complexity index is 69.3. The first-order valence-corrected chi connectivity index (χ1v) is 2.48. The molecule has 1 N–H and O–H groups in total. The van der Waals surface area contributed by atoms with Gasteiger partial charge in [0.25, 0.3) is 0 Å². The van der Waals surface area contributed by atoms with Gasteiger partial charge in [0.05, 0.1) is 0 Å². The lowest BCUT2D eigenvalue weighted by atomic mass is 10.8. The average Bonchev–Trinajstić information content (AvgIpc) is 1.96. The van der Waals surface area contributed by atoms with Crippen molar-refractivity contribution >= 4 is 5.97 Å². The van der Waals surface area contributed by atoms with Crippen LogP contribution in [-0.2, 0) is 9.53 Å². The Morgan fingerprint density at radius 1 is 1.40 bits per heavy atom. The van der Waals surface area contributed by atoms with Crippen molar-refractivity contribution in [1.29, 1.82) is 0 Å². The molecule has 0 aliphatic carbocycles. The molecule has 0 radical (unpaired) electrons. The van der Waals surface area contributed by atoms with E-state index in [9.17, 15) is 4.79 Å². The van der Waals surface area contributed by atoms with E-state index in [0.717, 1.165) is 0 Å². The van der Waals surface area contributed by atoms with Crippen molar-refractivity contribution in [3.63, 3.8) is 0 Å². The number of carbonyl (C=O) groups is 1. The summed E-state index contributed by atoms with van der Waals surface area (Å²) in [6, 6.07) is 0. The zero-order chi connectivity index (χ0) is 8.99. The third-order valence-electron chi connectivity index (χ3n) is 0.268. The van der Waals surface area contributed by atoms with Gasteiger partial charge in [-0.05, 0) is 0 Å². The van der Waals surface area contributed by atoms with Gasteiger partial charge in [0.1, 0.15) is 6.61 Å². The highest BCUT2D eigenvalue weighted by Gasteiger charge is 1.87. The number of ether oxygens (including phenoxy) is 1. The Balaban J connectivity index is -0.000000105. The minimum Gasteiger partial charge on any atom is -0.480 e. The smallest absolute Gasteiger partial charge is 0.329 e. The predicted octanol–water partition coefficient (Wildman–Crippen LogP) is 1.32. The lowest BCUT2D eigenvalue weighted by Gasteiger charge is -1.83. The van der Waals surface area contributed by atoms with Crippen LogP contribution >= 0.6 is 0 Å². The lowest BCUT2D eigenvalue weighted by molar-refractivity contribution is -0.141. The van der Waals surface area contributed by atoms with E-state index in [-0.39, 0.29) is 6.61 Å². The Kier molecular flexibility index (Phi) is 39.4. The molecule has 0 saturated heterocycles. The molecule has 10 heavy (non-hydrogen) atoms. The monoisotopic (exact) mass is 146 g/mol. The van der Waals surface area contributed by atoms with Gasteiger partial charge in [-0.2, -0.15) is 0 Å². The summed E-state index contributed by atoms with van der Waals surface area (Å²) in [6.07, 6.45) is 0. The molecule has 0 aromatic rings. The number of aliphatic carboxylic acids is 1. The van der Waals surface area contributed by atoms with Crippen LogP contribution in [-0.4, -0.2) is 24.8 Å². The molecular weight excluding hydrogens is 132 g/mol. The lowest BCUT2D eigenvalue weighted by Crippen LogP contribution is -2.02. The van der Waals surface area contributed by atoms with Crippen molar-refractivity contribution < 1.29 is 14.6 Å². The van der Waals surface area contributed by atoms with Crippen LogP contribution in [0.25, 0.3) is 0 Å². The van der Waals surface area contributed by atoms with E-state index in [1.54, 1.807) is 0 Å². The second-order valence-corrected chi connectivity index (χ2v) is 0.827. The van der Waals surface area contributed by atoms with Gasteiger partial charge < -0.3 is 9.84 Å². The van der Waals surface area contributed by atoms with Gasteiger partial charge in [-0.25, -0.2) is 4.79 Å². The van der Waals surface area contributed by atoms with Gasteiger partial charge in [-0.15, -0.1) is 26.3 Å². The van der Waals surface area contributed by atoms with Crippen LogP contribution in [0.3, 0.4) is 0 Å². The van der Waals surface area contributed by atoms with Crippen molar-refractivity contribution in [3.8, 4) is 0 Å². The van der Waals surface area contributed by atoms with E-state index in [4.69, 9.17) is 5.11 Å². The van der Waals surface area contributed by atoms with Crippen molar-refractivity contribution in [1.82, 2.24) is 0 Å². The fourth-order valence-electron chi connectivity index (χ4n) is 0.123. The van der Waals surface area contributed by atoms with E-state index >= 15 is 0 Å². The van der Waals surface area contributed by atoms with Crippen LogP contribution in [0.15, 0.2) is 26.3 Å². The number of hydrogen-bond donors (Lipinski definition) is 1. The van der Waals surface area contributed by atoms with E-state index < -0.39 is 5.97 Å². The molecule has 0 amide bonds. The molecule has 0 bridgehead atoms. The van der Waals surface area contributed by atoms with Gasteiger partial charge in [0.15, 0.2) is 0 Å². The first-order valence-electron chi connectivity index (χ1n) is 2.48. The largest absolute Gasteiger partial charge is 0.480 e. The second kappa shape index (κ2) is 24.7. The SMILES string of the molecule is C=C.C=C.COCC(=O)O. The molecule has 0 heterocycles. The highest BCUT2D eigenvalue weighted by Crippen LogP contribution is 1.61. The van der Waals surface area contributed by atoms with Crippen molar-refractivity contribution in [2.45, 2.75) is 0 Å². The quantitative estimate of drug-likeness (QED) is 0.597. The Morgan fingerprint density at radius 3 is 1.70 bits per heavy atom. The number of carboxylic acids is 1. The summed E-state index contributed by atoms with van der Waals surface area (Å²) in [7, 11) is 1.34. The standard InChI is InChI=1S/C3H6O3.2C2H4/c1-6-2-3(4)5;2*1-2/h2H2,1H3,(H,4,5);2*1-2H2. The van der Waals surface area contributed by atoms with E-state index in [1.165, 1.54) is 7.11 Å². The first kappa shape index (κ1) is 16.0. The van der Waals surface area contributed by atoms with E-state index in [1.807, 2.05) is 0 Å². The number of rotatable bonds is 2. The van der Waals surface area contributed by atoms with Crippen LogP contribution in [0.2, 0.25) is 0 Å². The number of methoxy groups -OCH3 is 1. The maximum absolute atomic E-state index is 9.47. The first-order chi connectivity index (χ1) is 4.77. The minimum absolute atomic E-state index is 0.208. The summed E-state index contributed by atoms with van der Waals surface area (Å²) in [6.45, 7) is 11.8. The van der Waals surface area contributed by atoms with Crippen LogP contribution in [0, 0.1) is 0 Å². The molecule has 0 unspecified atom stereocenters. The molecule has 0 aromatic heterocycles. The second-order valence-electron chi connectivity index (χ2n) is 0.827. The zero-order valence-corrected chi connectivity index (χ0v) is 6.30. The molecule has 0 aliphatic rings. The molecular formula is C7H14O3. The molecule has 0 rings (SSSR count). The van der Waals surface area contributed by atoms with Gasteiger partial charge in [0.2, 0.25) is 0 Å². The van der Waals surface area contributed by atoms with Crippen molar-refractivity contribution in [2.24, 2.45) is 0 Å². The summed E-state index contributed by atoms with van der Waals surface area (Å²) in [4.78, 5) is 9.47. The molecule has 0 atom stereocenters. The van der Waals surface area contributed by atoms with Crippen LogP contribution in [0.4, 0.5) is 0 Å². The summed E-state index contributed by atoms with van der Waals surface area (Å²) in [5.74, 6) is -0.933. The molecule has 0 spiro atoms. The third-order valence-corrected chi connectivity index (χ3v) is 0.268. The summed E-state index contributed by atoms with van der Waals surface area (Å²) in [5, 5.41) is 7.79. The normalized spacial score (nSPS) is 5.70. The zero-order valence-electron chi connectivity index (χ0n) is 6.30. The third kappa shape index (κ3) is 66.2. The van der Waals surface area contributed by atoms with Gasteiger partial charge in [-0.3, -0.25) is 0 Å². The highest BCUT2D eigenvalue weighted by atomic mass is 16.5. The molecule has 0 aromatic carbocycles. The maximum Gasteiger partial charge on any atom is 0.329 e. The predicted molar refractivity (Wildman–Crippen MR) is 42.0 cm³/mol. The maximum atomic E-state index is 9.47. The molecule has 3 nitrogen and oxygen atoms in total. The molecule has 0 fully saturated rings. The van der Waals surface area contributed by atoms with Crippen LogP contribution in [0.1, 0.15) is 0 Å². The average molecular weight is 146 g/mol. The van der Waals surface area contributed by atoms with Crippen molar-refractivity contribution in [2.75, 3.05) is 13.7 Å². The Hall–Kier alpha value is -1.09. The minimum atomic E-state index is -0.933. The van der Waals surface area contributed by atoms with Crippen molar-refractivity contribution in [3.05, 3.63) is 26.3 Å². The van der Waals surface area contributed by atoms with Crippen LogP contribution < -0.4 is 0 Å². The fourth-order valence-corrected chi connectivity index (χ4v) is 0.123. The van der Waals surface area contributed by atoms with E-state index in [2.05, 4.69) is 31.1 Å². The summed E-state index contributed by atoms with van der Waals surface area (Å²) < 4.78 is 4.20. The molecule has 0 aliphatic heterocycles. The topological polar surface area (TPSA) is 46.5 Å². The highest BCUT2D eigenvalue weighted by molar-refractivity contribution is 5.67. The fraction of sp³-hybridized carbons (Fsp3) is 0.286. The number of carboxylic acid groups (broad SMARTS) is 1. The Labute approximate surface area is 61.6 Å². The Morgan fingerprint density at radius 2 is 1.70 bits per heavy atom. The molecule has 0 saturated carbocycles.